The molecule has 5 unspecified atom stereocenters. The fraction of sp³-hybridized carbons (Fsp3) is 0.850. The number of hydrogen-bond acceptors (Lipinski definition) is 3. The number of nitrogens with one attached hydrogen (secondary N) is 1. The fourth-order valence-electron chi connectivity index (χ4n) is 5.78. The Bertz CT molecular complexity index is 474. The number of carbonyl (C=O) groups excluding carboxylic acids is 1. The summed E-state index contributed by atoms with van der Waals surface area (Å²) in [6, 6.07) is 1.16. The molecule has 23 heavy (non-hydrogen) atoms. The van der Waals surface area contributed by atoms with E-state index in [9.17, 15) is 4.79 Å². The molecule has 0 aromatic carbocycles. The minimum atomic E-state index is 0.0850. The normalized spacial score (nSPS) is 47.2. The lowest BCUT2D eigenvalue weighted by molar-refractivity contribution is -0.142. The first kappa shape index (κ1) is 15.7. The van der Waals surface area contributed by atoms with Crippen LogP contribution in [0.4, 0.5) is 0 Å². The minimum Gasteiger partial charge on any atom is -0.465 e. The number of piperidine rings is 1. The van der Waals surface area contributed by atoms with E-state index in [-0.39, 0.29) is 11.9 Å². The Hall–Kier alpha value is -0.830. The van der Waals surface area contributed by atoms with Gasteiger partial charge in [-0.05, 0) is 50.4 Å². The molecule has 4 rings (SSSR count). The maximum absolute atomic E-state index is 12.1. The van der Waals surface area contributed by atoms with E-state index in [1.54, 1.807) is 0 Å². The Morgan fingerprint density at radius 3 is 2.78 bits per heavy atom. The van der Waals surface area contributed by atoms with Gasteiger partial charge in [-0.1, -0.05) is 37.8 Å². The summed E-state index contributed by atoms with van der Waals surface area (Å²) in [5, 5.41) is 3.71. The highest BCUT2D eigenvalue weighted by molar-refractivity contribution is 5.75. The van der Waals surface area contributed by atoms with E-state index in [1.165, 1.54) is 44.9 Å². The maximum Gasteiger partial charge on any atom is 0.309 e. The van der Waals surface area contributed by atoms with Crippen molar-refractivity contribution in [2.24, 2.45) is 29.6 Å². The van der Waals surface area contributed by atoms with Crippen LogP contribution in [0.3, 0.4) is 0 Å². The van der Waals surface area contributed by atoms with Gasteiger partial charge in [0.2, 0.25) is 0 Å². The van der Waals surface area contributed by atoms with Crippen LogP contribution in [0.25, 0.3) is 0 Å². The molecular formula is C20H31NO2. The predicted molar refractivity (Wildman–Crippen MR) is 90.9 cm³/mol. The highest BCUT2D eigenvalue weighted by Gasteiger charge is 2.50. The van der Waals surface area contributed by atoms with Crippen molar-refractivity contribution in [1.82, 2.24) is 5.32 Å². The van der Waals surface area contributed by atoms with Crippen LogP contribution in [0.15, 0.2) is 12.2 Å². The largest absolute Gasteiger partial charge is 0.465 e. The summed E-state index contributed by atoms with van der Waals surface area (Å²) in [6.07, 6.45) is 15.3. The maximum atomic E-state index is 12.1. The van der Waals surface area contributed by atoms with Gasteiger partial charge in [-0.3, -0.25) is 4.79 Å². The smallest absolute Gasteiger partial charge is 0.309 e. The summed E-state index contributed by atoms with van der Waals surface area (Å²) >= 11 is 0. The molecule has 3 nitrogen and oxygen atoms in total. The van der Waals surface area contributed by atoms with E-state index < -0.39 is 0 Å². The molecule has 0 aromatic rings. The molecule has 128 valence electrons. The van der Waals surface area contributed by atoms with Gasteiger partial charge in [-0.25, -0.2) is 0 Å². The molecular weight excluding hydrogens is 286 g/mol. The van der Waals surface area contributed by atoms with E-state index in [0.717, 1.165) is 18.3 Å². The van der Waals surface area contributed by atoms with Crippen molar-refractivity contribution in [3.8, 4) is 0 Å². The van der Waals surface area contributed by atoms with Gasteiger partial charge in [0, 0.05) is 18.0 Å². The monoisotopic (exact) mass is 317 g/mol. The van der Waals surface area contributed by atoms with Gasteiger partial charge in [0.15, 0.2) is 0 Å². The highest BCUT2D eigenvalue weighted by atomic mass is 16.5. The first-order valence-corrected chi connectivity index (χ1v) is 9.83. The SMILES string of the molecule is C[C@H]1CCC[C@H](C=CC2C3CCCCC3CC3C(=O)OCC32)N1. The number of ether oxygens (including phenoxy) is 1. The number of fused-ring (bicyclic) bond motifs is 2. The van der Waals surface area contributed by atoms with Crippen LogP contribution in [0.2, 0.25) is 0 Å². The van der Waals surface area contributed by atoms with E-state index in [1.807, 2.05) is 0 Å². The standard InChI is InChI=1S/C20H31NO2/c1-13-5-4-7-15(21-13)9-10-17-16-8-3-2-6-14(16)11-18-19(17)12-23-20(18)22/h9-10,13-19,21H,2-8,11-12H2,1H3/t13-,14?,15+,16?,17?,18?,19?/m0/s1. The van der Waals surface area contributed by atoms with Crippen LogP contribution in [-0.2, 0) is 9.53 Å². The lowest BCUT2D eigenvalue weighted by atomic mass is 9.58. The van der Waals surface area contributed by atoms with Crippen LogP contribution >= 0.6 is 0 Å². The molecule has 0 bridgehead atoms. The second-order valence-electron chi connectivity index (χ2n) is 8.41. The van der Waals surface area contributed by atoms with Gasteiger partial charge in [-0.15, -0.1) is 0 Å². The topological polar surface area (TPSA) is 38.3 Å². The lowest BCUT2D eigenvalue weighted by Gasteiger charge is -2.45. The van der Waals surface area contributed by atoms with Crippen molar-refractivity contribution >= 4 is 5.97 Å². The molecule has 0 amide bonds. The zero-order valence-corrected chi connectivity index (χ0v) is 14.4. The Morgan fingerprint density at radius 1 is 1.04 bits per heavy atom. The predicted octanol–water partition coefficient (Wildman–Crippen LogP) is 3.69. The Balaban J connectivity index is 1.52. The second-order valence-corrected chi connectivity index (χ2v) is 8.41. The summed E-state index contributed by atoms with van der Waals surface area (Å²) in [7, 11) is 0. The number of allylic oxidation sites excluding steroid dienone is 1. The summed E-state index contributed by atoms with van der Waals surface area (Å²) in [4.78, 5) is 12.1. The summed E-state index contributed by atoms with van der Waals surface area (Å²) in [5.74, 6) is 2.81. The lowest BCUT2D eigenvalue weighted by Crippen LogP contribution is -2.42. The molecule has 2 aliphatic carbocycles. The highest BCUT2D eigenvalue weighted by Crippen LogP contribution is 2.51. The van der Waals surface area contributed by atoms with Crippen molar-refractivity contribution < 1.29 is 9.53 Å². The first-order valence-electron chi connectivity index (χ1n) is 9.83. The van der Waals surface area contributed by atoms with Gasteiger partial charge in [0.05, 0.1) is 12.5 Å². The van der Waals surface area contributed by atoms with Gasteiger partial charge in [0.25, 0.3) is 0 Å². The Morgan fingerprint density at radius 2 is 1.91 bits per heavy atom. The average molecular weight is 317 g/mol. The van der Waals surface area contributed by atoms with Crippen LogP contribution in [0.1, 0.15) is 58.3 Å². The van der Waals surface area contributed by atoms with E-state index >= 15 is 0 Å². The summed E-state index contributed by atoms with van der Waals surface area (Å²) in [6.45, 7) is 2.95. The molecule has 0 spiro atoms. The molecule has 0 radical (unpaired) electrons. The molecule has 2 saturated carbocycles. The molecule has 0 aromatic heterocycles. The van der Waals surface area contributed by atoms with E-state index in [0.29, 0.717) is 30.5 Å². The van der Waals surface area contributed by atoms with Gasteiger partial charge < -0.3 is 10.1 Å². The van der Waals surface area contributed by atoms with Gasteiger partial charge >= 0.3 is 5.97 Å². The second kappa shape index (κ2) is 6.58. The molecule has 2 aliphatic heterocycles. The minimum absolute atomic E-state index is 0.0850. The fourth-order valence-corrected chi connectivity index (χ4v) is 5.78. The van der Waals surface area contributed by atoms with Crippen molar-refractivity contribution in [3.05, 3.63) is 12.2 Å². The van der Waals surface area contributed by atoms with Gasteiger partial charge in [-0.2, -0.15) is 0 Å². The van der Waals surface area contributed by atoms with Crippen LogP contribution in [0, 0.1) is 29.6 Å². The van der Waals surface area contributed by atoms with Gasteiger partial charge in [0.1, 0.15) is 0 Å². The molecule has 7 atom stereocenters. The molecule has 2 saturated heterocycles. The summed E-state index contributed by atoms with van der Waals surface area (Å²) < 4.78 is 5.46. The molecule has 4 aliphatic rings. The number of esters is 1. The van der Waals surface area contributed by atoms with Crippen molar-refractivity contribution in [2.75, 3.05) is 6.61 Å². The zero-order chi connectivity index (χ0) is 15.8. The van der Waals surface area contributed by atoms with Crippen molar-refractivity contribution in [1.29, 1.82) is 0 Å². The molecule has 2 heterocycles. The zero-order valence-electron chi connectivity index (χ0n) is 14.4. The number of cyclic esters (lactones) is 1. The van der Waals surface area contributed by atoms with Crippen LogP contribution in [0.5, 0.6) is 0 Å². The van der Waals surface area contributed by atoms with Crippen molar-refractivity contribution in [2.45, 2.75) is 70.4 Å². The van der Waals surface area contributed by atoms with E-state index in [4.69, 9.17) is 4.74 Å². The number of rotatable bonds is 2. The third-order valence-electron chi connectivity index (χ3n) is 6.97. The number of hydrogen-bond donors (Lipinski definition) is 1. The van der Waals surface area contributed by atoms with E-state index in [2.05, 4.69) is 24.4 Å². The molecule has 3 heteroatoms. The first-order chi connectivity index (χ1) is 11.2. The van der Waals surface area contributed by atoms with Crippen LogP contribution < -0.4 is 5.32 Å². The Labute approximate surface area is 140 Å². The summed E-state index contributed by atoms with van der Waals surface area (Å²) in [5.41, 5.74) is 0. The third kappa shape index (κ3) is 3.09. The Kier molecular flexibility index (Phi) is 4.49. The quantitative estimate of drug-likeness (QED) is 0.623. The molecule has 4 fully saturated rings. The third-order valence-corrected chi connectivity index (χ3v) is 6.97. The molecule has 1 N–H and O–H groups in total. The average Bonchev–Trinajstić information content (AvgIpc) is 2.93. The number of carbonyl (C=O) groups is 1. The van der Waals surface area contributed by atoms with Crippen LogP contribution in [-0.4, -0.2) is 24.7 Å². The van der Waals surface area contributed by atoms with Crippen molar-refractivity contribution in [3.63, 3.8) is 0 Å².